The summed E-state index contributed by atoms with van der Waals surface area (Å²) in [5.41, 5.74) is 2.73. The van der Waals surface area contributed by atoms with Gasteiger partial charge >= 0.3 is 0 Å². The maximum Gasteiger partial charge on any atom is 0.137 e. The molecule has 1 atom stereocenters. The number of hydrogen-bond donors (Lipinski definition) is 0. The van der Waals surface area contributed by atoms with Crippen molar-refractivity contribution in [2.24, 2.45) is 0 Å². The maximum absolute atomic E-state index is 16.2. The molecule has 2 heteroatoms. The molecule has 3 aromatic rings. The molecule has 0 aromatic heterocycles. The minimum atomic E-state index is -0.835. The summed E-state index contributed by atoms with van der Waals surface area (Å²) in [6, 6.07) is 29.3. The van der Waals surface area contributed by atoms with Crippen molar-refractivity contribution in [2.45, 2.75) is 24.9 Å². The smallest absolute Gasteiger partial charge is 0.137 e. The predicted molar refractivity (Wildman–Crippen MR) is 117 cm³/mol. The second-order valence-electron chi connectivity index (χ2n) is 7.40. The van der Waals surface area contributed by atoms with E-state index in [4.69, 9.17) is 4.74 Å². The highest BCUT2D eigenvalue weighted by Gasteiger charge is 2.40. The van der Waals surface area contributed by atoms with Gasteiger partial charge in [0, 0.05) is 17.8 Å². The second-order valence-corrected chi connectivity index (χ2v) is 7.40. The van der Waals surface area contributed by atoms with E-state index >= 15 is 4.39 Å². The highest BCUT2D eigenvalue weighted by molar-refractivity contribution is 5.83. The minimum Gasteiger partial charge on any atom is -0.365 e. The molecule has 146 valence electrons. The number of benzene rings is 3. The van der Waals surface area contributed by atoms with E-state index in [0.29, 0.717) is 17.8 Å². The van der Waals surface area contributed by atoms with Crippen LogP contribution in [0.25, 0.3) is 5.57 Å². The van der Waals surface area contributed by atoms with E-state index < -0.39 is 5.60 Å². The van der Waals surface area contributed by atoms with Gasteiger partial charge in [-0.1, -0.05) is 97.6 Å². The highest BCUT2D eigenvalue weighted by Crippen LogP contribution is 2.46. The molecule has 0 radical (unpaired) electrons. The lowest BCUT2D eigenvalue weighted by Gasteiger charge is -2.39. The Hall–Kier alpha value is -2.97. The Morgan fingerprint density at radius 1 is 0.759 bits per heavy atom. The Balaban J connectivity index is 1.88. The Bertz CT molecular complexity index is 943. The largest absolute Gasteiger partial charge is 0.365 e. The van der Waals surface area contributed by atoms with Crippen LogP contribution < -0.4 is 0 Å². The summed E-state index contributed by atoms with van der Waals surface area (Å²) in [5.74, 6) is -0.312. The Kier molecular flexibility index (Phi) is 5.73. The van der Waals surface area contributed by atoms with Gasteiger partial charge in [0.05, 0.1) is 0 Å². The average molecular weight is 384 g/mol. The zero-order valence-corrected chi connectivity index (χ0v) is 16.5. The summed E-state index contributed by atoms with van der Waals surface area (Å²) < 4.78 is 22.5. The van der Waals surface area contributed by atoms with Crippen LogP contribution in [0.4, 0.5) is 4.39 Å². The van der Waals surface area contributed by atoms with E-state index in [1.807, 2.05) is 91.0 Å². The summed E-state index contributed by atoms with van der Waals surface area (Å²) in [6.07, 6.45) is 2.69. The first kappa shape index (κ1) is 19.4. The van der Waals surface area contributed by atoms with E-state index in [1.165, 1.54) is 0 Å². The molecule has 0 N–H and O–H groups in total. The molecule has 1 aliphatic rings. The first-order valence-electron chi connectivity index (χ1n) is 10.1. The molecule has 4 rings (SSSR count). The van der Waals surface area contributed by atoms with Gasteiger partial charge in [-0.15, -0.1) is 0 Å². The summed E-state index contributed by atoms with van der Waals surface area (Å²) in [7, 11) is 0. The van der Waals surface area contributed by atoms with Gasteiger partial charge in [0.2, 0.25) is 0 Å². The number of hydrogen-bond acceptors (Lipinski definition) is 1. The quantitative estimate of drug-likeness (QED) is 0.428. The summed E-state index contributed by atoms with van der Waals surface area (Å²) in [6.45, 7) is 4.85. The van der Waals surface area contributed by atoms with Crippen LogP contribution in [-0.4, -0.2) is 6.61 Å². The van der Waals surface area contributed by atoms with Crippen molar-refractivity contribution in [1.29, 1.82) is 0 Å². The lowest BCUT2D eigenvalue weighted by molar-refractivity contribution is -0.0558. The van der Waals surface area contributed by atoms with Crippen LogP contribution in [0.5, 0.6) is 0 Å². The predicted octanol–water partition coefficient (Wildman–Crippen LogP) is 7.07. The third-order valence-corrected chi connectivity index (χ3v) is 5.61. The minimum absolute atomic E-state index is 0.312. The first-order valence-corrected chi connectivity index (χ1v) is 10.1. The number of halogens is 1. The molecule has 29 heavy (non-hydrogen) atoms. The SMILES string of the molecule is C=C(C(F)=C(c1ccccc1)c1ccccc1)C1(c2ccccc2)CCCCO1. The molecule has 1 unspecified atom stereocenters. The van der Waals surface area contributed by atoms with Crippen LogP contribution in [0, 0.1) is 0 Å². The molecule has 1 aliphatic heterocycles. The highest BCUT2D eigenvalue weighted by atomic mass is 19.1. The van der Waals surface area contributed by atoms with E-state index in [1.54, 1.807) is 0 Å². The van der Waals surface area contributed by atoms with Crippen LogP contribution in [-0.2, 0) is 10.3 Å². The van der Waals surface area contributed by atoms with Crippen molar-refractivity contribution in [3.05, 3.63) is 126 Å². The van der Waals surface area contributed by atoms with Gasteiger partial charge in [-0.25, -0.2) is 4.39 Å². The molecule has 0 aliphatic carbocycles. The van der Waals surface area contributed by atoms with Gasteiger partial charge in [-0.05, 0) is 36.0 Å². The summed E-state index contributed by atoms with van der Waals surface area (Å²) in [4.78, 5) is 0. The first-order chi connectivity index (χ1) is 14.2. The van der Waals surface area contributed by atoms with Crippen molar-refractivity contribution in [3.63, 3.8) is 0 Å². The van der Waals surface area contributed by atoms with Crippen LogP contribution >= 0.6 is 0 Å². The molecule has 1 heterocycles. The van der Waals surface area contributed by atoms with Gasteiger partial charge in [0.15, 0.2) is 0 Å². The fourth-order valence-electron chi connectivity index (χ4n) is 4.10. The fourth-order valence-corrected chi connectivity index (χ4v) is 4.10. The van der Waals surface area contributed by atoms with E-state index in [9.17, 15) is 0 Å². The molecular formula is C27H25FO. The van der Waals surface area contributed by atoms with Gasteiger partial charge < -0.3 is 4.74 Å². The normalized spacial score (nSPS) is 18.8. The third-order valence-electron chi connectivity index (χ3n) is 5.61. The van der Waals surface area contributed by atoms with Gasteiger partial charge in [-0.3, -0.25) is 0 Å². The van der Waals surface area contributed by atoms with Crippen LogP contribution in [0.1, 0.15) is 36.0 Å². The molecular weight excluding hydrogens is 359 g/mol. The average Bonchev–Trinajstić information content (AvgIpc) is 2.81. The maximum atomic E-state index is 16.2. The second kappa shape index (κ2) is 8.59. The zero-order valence-electron chi connectivity index (χ0n) is 16.5. The topological polar surface area (TPSA) is 9.23 Å². The van der Waals surface area contributed by atoms with Crippen molar-refractivity contribution < 1.29 is 9.13 Å². The molecule has 1 saturated heterocycles. The van der Waals surface area contributed by atoms with E-state index in [-0.39, 0.29) is 5.83 Å². The lowest BCUT2D eigenvalue weighted by Crippen LogP contribution is -2.36. The standard InChI is InChI=1S/C27H25FO/c1-21(27(19-11-12-20-29-27)24-17-9-4-10-18-24)26(28)25(22-13-5-2-6-14-22)23-15-7-3-8-16-23/h2-10,13-18H,1,11-12,19-20H2. The Morgan fingerprint density at radius 3 is 1.76 bits per heavy atom. The molecule has 0 saturated carbocycles. The monoisotopic (exact) mass is 384 g/mol. The van der Waals surface area contributed by atoms with Crippen molar-refractivity contribution in [2.75, 3.05) is 6.61 Å². The Labute approximate surface area is 172 Å². The molecule has 0 spiro atoms. The van der Waals surface area contributed by atoms with Gasteiger partial charge in [0.1, 0.15) is 11.4 Å². The van der Waals surface area contributed by atoms with Gasteiger partial charge in [-0.2, -0.15) is 0 Å². The molecule has 0 amide bonds. The van der Waals surface area contributed by atoms with Crippen molar-refractivity contribution in [1.82, 2.24) is 0 Å². The molecule has 1 nitrogen and oxygen atoms in total. The third kappa shape index (κ3) is 3.81. The molecule has 3 aromatic carbocycles. The number of rotatable bonds is 5. The fraction of sp³-hybridized carbons (Fsp3) is 0.185. The molecule has 1 fully saturated rings. The summed E-state index contributed by atoms with van der Waals surface area (Å²) in [5, 5.41) is 0. The molecule has 0 bridgehead atoms. The Morgan fingerprint density at radius 2 is 1.28 bits per heavy atom. The zero-order chi connectivity index (χ0) is 20.1. The van der Waals surface area contributed by atoms with Crippen LogP contribution in [0.2, 0.25) is 0 Å². The van der Waals surface area contributed by atoms with Gasteiger partial charge in [0.25, 0.3) is 0 Å². The van der Waals surface area contributed by atoms with Crippen LogP contribution in [0.15, 0.2) is 109 Å². The summed E-state index contributed by atoms with van der Waals surface area (Å²) >= 11 is 0. The van der Waals surface area contributed by atoms with Crippen molar-refractivity contribution >= 4 is 5.57 Å². The van der Waals surface area contributed by atoms with Crippen LogP contribution in [0.3, 0.4) is 0 Å². The van der Waals surface area contributed by atoms with E-state index in [0.717, 1.165) is 36.0 Å². The van der Waals surface area contributed by atoms with E-state index in [2.05, 4.69) is 6.58 Å². The van der Waals surface area contributed by atoms with Crippen molar-refractivity contribution in [3.8, 4) is 0 Å². The lowest BCUT2D eigenvalue weighted by atomic mass is 9.78. The number of ether oxygens (including phenoxy) is 1.